The minimum atomic E-state index is -0.738. The van der Waals surface area contributed by atoms with Gasteiger partial charge in [-0.1, -0.05) is 121 Å². The van der Waals surface area contributed by atoms with Crippen LogP contribution in [-0.2, 0) is 97.4 Å². The molecule has 7 saturated carbocycles. The fourth-order valence-electron chi connectivity index (χ4n) is 18.4. The summed E-state index contributed by atoms with van der Waals surface area (Å²) in [6.45, 7) is 8.13. The largest absolute Gasteiger partial charge is 0.508 e. The number of aryl methyl sites for hydroxylation is 4. The van der Waals surface area contributed by atoms with Crippen LogP contribution in [-0.4, -0.2) is 209 Å². The molecular weight excluding hydrogens is 1950 g/mol. The number of carbonyl (C=O) groups is 7. The molecule has 35 heteroatoms. The summed E-state index contributed by atoms with van der Waals surface area (Å²) in [7, 11) is 16.3. The van der Waals surface area contributed by atoms with Gasteiger partial charge in [0, 0.05) is 103 Å². The molecule has 752 valence electrons. The maximum absolute atomic E-state index is 12.6. The molecule has 0 radical (unpaired) electrons. The highest BCUT2D eigenvalue weighted by molar-refractivity contribution is 9.69. The summed E-state index contributed by atoms with van der Waals surface area (Å²) in [4.78, 5) is 91.6. The number of ether oxygens (including phenoxy) is 9. The lowest BCUT2D eigenvalue weighted by atomic mass is 9.87. The molecule has 0 saturated heterocycles. The van der Waals surface area contributed by atoms with Crippen LogP contribution in [0.1, 0.15) is 245 Å². The van der Waals surface area contributed by atoms with Crippen molar-refractivity contribution in [3.63, 3.8) is 0 Å². The summed E-state index contributed by atoms with van der Waals surface area (Å²) >= 11 is 9.31. The molecule has 0 aliphatic heterocycles. The number of aromatic nitrogens is 8. The van der Waals surface area contributed by atoms with Crippen molar-refractivity contribution in [2.45, 2.75) is 303 Å². The normalized spacial score (nSPS) is 18.6. The predicted molar refractivity (Wildman–Crippen MR) is 540 cm³/mol. The van der Waals surface area contributed by atoms with Gasteiger partial charge in [-0.2, -0.15) is 20.4 Å². The Hall–Kier alpha value is -10.1. The number of methoxy groups -OCH3 is 1. The number of aliphatic carboxylic acids is 1. The number of hydrogen-bond donors (Lipinski definition) is 3. The molecule has 4 amide bonds. The minimum absolute atomic E-state index is 0. The van der Waals surface area contributed by atoms with Crippen LogP contribution < -0.4 is 14.2 Å². The number of carboxylic acids is 1. The topological polar surface area (TPSA) is 347 Å². The zero-order valence-electron chi connectivity index (χ0n) is 80.6. The first-order valence-electron chi connectivity index (χ1n) is 47.6. The zero-order chi connectivity index (χ0) is 97.4. The number of amides is 4. The average molecular weight is 2090 g/mol. The van der Waals surface area contributed by atoms with E-state index in [0.717, 1.165) is 207 Å². The maximum atomic E-state index is 12.6. The van der Waals surface area contributed by atoms with E-state index >= 15 is 0 Å². The first-order valence-corrected chi connectivity index (χ1v) is 50.3. The summed E-state index contributed by atoms with van der Waals surface area (Å²) in [5, 5.41) is 45.4. The number of phenolic OH excluding ortho intramolecular Hbond substituents is 1. The lowest BCUT2D eigenvalue weighted by Crippen LogP contribution is -2.35. The number of phenols is 1. The number of aliphatic hydroxyl groups excluding tert-OH is 1. The number of halogens is 3. The molecule has 6 atom stereocenters. The Morgan fingerprint density at radius 3 is 0.912 bits per heavy atom. The molecule has 7 fully saturated rings. The minimum Gasteiger partial charge on any atom is -0.508 e. The molecule has 7 aliphatic rings. The number of hydrogen-bond acceptors (Lipinski definition) is 22. The number of aromatic hydroxyl groups is 1. The lowest BCUT2D eigenvalue weighted by molar-refractivity contribution is -0.155. The summed E-state index contributed by atoms with van der Waals surface area (Å²) < 4.78 is 57.5. The van der Waals surface area contributed by atoms with Gasteiger partial charge >= 0.3 is 45.5 Å². The van der Waals surface area contributed by atoms with Gasteiger partial charge in [0.05, 0.1) is 103 Å². The fraction of sp³-hybridized carbons (Fsp3) is 0.578. The van der Waals surface area contributed by atoms with Gasteiger partial charge in [-0.15, -0.1) is 47.3 Å². The van der Waals surface area contributed by atoms with Crippen LogP contribution in [0.15, 0.2) is 122 Å². The van der Waals surface area contributed by atoms with Crippen molar-refractivity contribution >= 4 is 92.7 Å². The fourth-order valence-corrected chi connectivity index (χ4v) is 18.4. The first-order chi connectivity index (χ1) is 64.7. The molecule has 8 aromatic rings. The van der Waals surface area contributed by atoms with Crippen molar-refractivity contribution in [2.24, 2.45) is 45.9 Å². The molecule has 31 nitrogen and oxygen atoms in total. The molecule has 0 unspecified atom stereocenters. The van der Waals surface area contributed by atoms with Gasteiger partial charge in [0.2, 0.25) is 0 Å². The number of esters is 2. The molecule has 15 rings (SSSR count). The summed E-state index contributed by atoms with van der Waals surface area (Å²) in [5.41, 5.74) is 10.9. The number of rotatable bonds is 26. The molecule has 137 heavy (non-hydrogen) atoms. The number of carbonyl (C=O) groups excluding carboxylic acids is 6. The molecule has 4 aromatic heterocycles. The van der Waals surface area contributed by atoms with Crippen LogP contribution in [0, 0.1) is 17.8 Å². The number of nitrogens with zero attached hydrogens (tertiary/aromatic N) is 12. The lowest BCUT2D eigenvalue weighted by Gasteiger charge is -2.29. The van der Waals surface area contributed by atoms with Crippen LogP contribution in [0.2, 0.25) is 0 Å². The van der Waals surface area contributed by atoms with E-state index in [1.54, 1.807) is 82.4 Å². The van der Waals surface area contributed by atoms with Gasteiger partial charge in [-0.3, -0.25) is 33.1 Å². The molecule has 0 bridgehead atoms. The SMILES string of the molecule is BrB(Br)Br.C.C.CC(C)OC(=O)[C@H]1CCC[C@@H](O)C1.CC(C)OC(=O)[C@H]1CCC[C@H](Oc2ccc(-c3cnn(C)c3COC(=O)N(C)C3CCCC3)cc2)C1.CN(C(=O)OCc1c(-c2ccc(O)cc2)cnn1C)C1CCCC1.CN(C(=O)OCc1c(-c2ccc(O[C@H]3CCC[C@H](C(=O)O)C3)cc2)cnn1C)C1CCCC1.COc1ccc(-c2cnn(C)c2COC(=O)N(C)C2CCCC2)cc1. The number of carboxylic acid groups (broad SMARTS) is 1. The molecule has 7 aliphatic carbocycles. The Kier molecular flexibility index (Phi) is 46.0. The van der Waals surface area contributed by atoms with E-state index in [-0.39, 0.29) is 147 Å². The van der Waals surface area contributed by atoms with E-state index in [1.165, 1.54) is 38.5 Å². The standard InChI is InChI=1S/C28H39N3O5.C25H33N3O5.C19H25N3O3.C18H23N3O3.C10H18O3.2CH4.BBr3/c1-19(2)35-27(32)21-8-7-11-24(16-21)36-23-14-12-20(13-15-23)25-17-29-31(4)26(25)18-34-28(33)30(3)22-9-5-6-10-22;1-27(19-7-3-4-8-19)25(31)32-16-23-22(15-26-28(23)2)17-10-12-20(13-11-17)33-21-9-5-6-18(14-21)24(29)30;1-21(15-6-4-5-7-15)19(23)25-13-18-17(12-20-22(18)2)14-8-10-16(24-3)11-9-14;1-20(14-5-3-4-6-14)18(23)24-12-17-16(11-19-21(17)2)13-7-9-15(22)10-8-13;1-7(2)13-10(12)8-4-3-5-9(11)6-8;;;2-1(3)4/h12-15,17,19,21-22,24H,5-11,16,18H2,1-4H3;10-13,15,18-19,21H,3-9,14,16H2,1-2H3,(H,29,30);8-12,15H,4-7,13H2,1-3H3;7-11,14,22H,3-6,12H2,1-2H3;7-9,11H,3-6H2,1-2H3;2*1H4;/t21-,24-;18-,21-;;;8-,9+;;;/m00..0.../s1. The Balaban J connectivity index is 0.000000213. The van der Waals surface area contributed by atoms with Crippen LogP contribution in [0.5, 0.6) is 23.0 Å². The second-order valence-electron chi connectivity index (χ2n) is 36.5. The Morgan fingerprint density at radius 1 is 0.387 bits per heavy atom. The second kappa shape index (κ2) is 56.2. The van der Waals surface area contributed by atoms with Crippen LogP contribution >= 0.6 is 47.3 Å². The predicted octanol–water partition coefficient (Wildman–Crippen LogP) is 21.9. The first kappa shape index (κ1) is 112. The second-order valence-corrected chi connectivity index (χ2v) is 43.0. The third-order valence-corrected chi connectivity index (χ3v) is 26.4. The van der Waals surface area contributed by atoms with E-state index in [4.69, 9.17) is 42.6 Å². The van der Waals surface area contributed by atoms with Gasteiger partial charge in [0.15, 0.2) is 0 Å². The van der Waals surface area contributed by atoms with Gasteiger partial charge in [0.25, 0.3) is 0 Å². The molecule has 0 spiro atoms. The van der Waals surface area contributed by atoms with Crippen molar-refractivity contribution in [1.82, 2.24) is 58.7 Å². The van der Waals surface area contributed by atoms with E-state index in [9.17, 15) is 48.9 Å². The van der Waals surface area contributed by atoms with E-state index in [2.05, 4.69) is 67.7 Å². The molecule has 4 aromatic carbocycles. The third-order valence-electron chi connectivity index (χ3n) is 26.4. The number of aliphatic hydroxyl groups is 1. The van der Waals surface area contributed by atoms with E-state index in [0.29, 0.717) is 31.3 Å². The Bertz CT molecular complexity index is 5030. The maximum Gasteiger partial charge on any atom is 0.410 e. The summed E-state index contributed by atoms with van der Waals surface area (Å²) in [6.07, 6.45) is 32.8. The van der Waals surface area contributed by atoms with Crippen molar-refractivity contribution < 1.29 is 91.5 Å². The summed E-state index contributed by atoms with van der Waals surface area (Å²) in [5.74, 6) is 1.02. The number of benzene rings is 4. The van der Waals surface area contributed by atoms with E-state index < -0.39 is 5.97 Å². The third kappa shape index (κ3) is 34.1. The molecule has 4 heterocycles. The zero-order valence-corrected chi connectivity index (χ0v) is 85.3. The van der Waals surface area contributed by atoms with Gasteiger partial charge < -0.3 is 77.6 Å². The van der Waals surface area contributed by atoms with E-state index in [1.807, 2.05) is 169 Å². The highest BCUT2D eigenvalue weighted by atomic mass is 79.9. The van der Waals surface area contributed by atoms with Crippen LogP contribution in [0.3, 0.4) is 0 Å². The van der Waals surface area contributed by atoms with Crippen molar-refractivity contribution in [1.29, 1.82) is 0 Å². The van der Waals surface area contributed by atoms with Gasteiger partial charge in [0.1, 0.15) is 49.4 Å². The van der Waals surface area contributed by atoms with Crippen molar-refractivity contribution in [3.05, 3.63) is 145 Å². The summed E-state index contributed by atoms with van der Waals surface area (Å²) in [6, 6.07) is 31.4. The van der Waals surface area contributed by atoms with Crippen LogP contribution in [0.4, 0.5) is 19.2 Å². The van der Waals surface area contributed by atoms with Crippen molar-refractivity contribution in [3.8, 4) is 67.5 Å². The Morgan fingerprint density at radius 2 is 0.642 bits per heavy atom. The quantitative estimate of drug-likeness (QED) is 0.0257. The highest BCUT2D eigenvalue weighted by Crippen LogP contribution is 2.37. The monoisotopic (exact) mass is 2090 g/mol. The average Bonchev–Trinajstić information content (AvgIpc) is 1.70. The van der Waals surface area contributed by atoms with Crippen molar-refractivity contribution in [2.75, 3.05) is 35.3 Å². The van der Waals surface area contributed by atoms with Gasteiger partial charge in [-0.05, 0) is 220 Å². The molecular formula is C102H146BBr3N12O19. The Labute approximate surface area is 834 Å². The molecule has 3 N–H and O–H groups in total. The highest BCUT2D eigenvalue weighted by Gasteiger charge is 2.35. The smallest absolute Gasteiger partial charge is 0.410 e. The van der Waals surface area contributed by atoms with Crippen LogP contribution in [0.25, 0.3) is 44.5 Å². The van der Waals surface area contributed by atoms with Gasteiger partial charge in [-0.25, -0.2) is 19.2 Å².